The molecule has 0 aliphatic carbocycles. The van der Waals surface area contributed by atoms with Crippen molar-refractivity contribution in [1.29, 1.82) is 0 Å². The Labute approximate surface area is 81.7 Å². The first kappa shape index (κ1) is 9.41. The van der Waals surface area contributed by atoms with Gasteiger partial charge in [0, 0.05) is 0 Å². The molecule has 0 aliphatic rings. The lowest BCUT2D eigenvalue weighted by Crippen LogP contribution is -2.04. The molecule has 0 fully saturated rings. The topological polar surface area (TPSA) is 63.1 Å². The van der Waals surface area contributed by atoms with E-state index in [9.17, 15) is 4.79 Å². The van der Waals surface area contributed by atoms with Crippen LogP contribution >= 0.6 is 27.5 Å². The van der Waals surface area contributed by atoms with Gasteiger partial charge in [0.2, 0.25) is 0 Å². The maximum atomic E-state index is 10.5. The van der Waals surface area contributed by atoms with Crippen LogP contribution in [0.2, 0.25) is 5.15 Å². The van der Waals surface area contributed by atoms with Crippen LogP contribution in [0.15, 0.2) is 4.60 Å². The van der Waals surface area contributed by atoms with Crippen molar-refractivity contribution in [3.8, 4) is 0 Å². The van der Waals surface area contributed by atoms with Crippen LogP contribution < -0.4 is 0 Å². The Morgan fingerprint density at radius 2 is 2.17 bits per heavy atom. The summed E-state index contributed by atoms with van der Waals surface area (Å²) in [4.78, 5) is 17.9. The average molecular weight is 251 g/mol. The van der Waals surface area contributed by atoms with E-state index in [1.165, 1.54) is 0 Å². The van der Waals surface area contributed by atoms with Gasteiger partial charge in [0.1, 0.15) is 4.60 Å². The van der Waals surface area contributed by atoms with Crippen LogP contribution in [0.3, 0.4) is 0 Å². The number of aryl methyl sites for hydroxylation is 1. The molecule has 1 aromatic heterocycles. The van der Waals surface area contributed by atoms with E-state index in [4.69, 9.17) is 16.7 Å². The minimum absolute atomic E-state index is 0.0943. The van der Waals surface area contributed by atoms with Crippen molar-refractivity contribution in [1.82, 2.24) is 9.97 Å². The van der Waals surface area contributed by atoms with Gasteiger partial charge >= 0.3 is 5.97 Å². The Hall–Kier alpha value is -0.680. The molecule has 1 rings (SSSR count). The molecule has 4 nitrogen and oxygen atoms in total. The number of hydrogen-bond acceptors (Lipinski definition) is 3. The minimum atomic E-state index is -1.19. The van der Waals surface area contributed by atoms with Gasteiger partial charge in [-0.15, -0.1) is 0 Å². The number of nitrogens with zero attached hydrogens (tertiary/aromatic N) is 2. The van der Waals surface area contributed by atoms with Crippen molar-refractivity contribution >= 4 is 33.5 Å². The summed E-state index contributed by atoms with van der Waals surface area (Å²) < 4.78 is 0.393. The molecule has 0 saturated carbocycles. The molecule has 0 radical (unpaired) electrons. The highest BCUT2D eigenvalue weighted by Gasteiger charge is 2.13. The quantitative estimate of drug-likeness (QED) is 0.828. The SMILES string of the molecule is Cc1nc(Cl)c(C(=O)O)nc1Br. The molecule has 1 aromatic rings. The van der Waals surface area contributed by atoms with Crippen molar-refractivity contribution in [3.05, 3.63) is 21.1 Å². The highest BCUT2D eigenvalue weighted by molar-refractivity contribution is 9.10. The molecular formula is C6H4BrClN2O2. The van der Waals surface area contributed by atoms with Crippen LogP contribution in [0.1, 0.15) is 16.2 Å². The van der Waals surface area contributed by atoms with Gasteiger partial charge in [0.05, 0.1) is 5.69 Å². The van der Waals surface area contributed by atoms with E-state index < -0.39 is 5.97 Å². The van der Waals surface area contributed by atoms with E-state index in [1.54, 1.807) is 6.92 Å². The molecule has 0 saturated heterocycles. The third-order valence-electron chi connectivity index (χ3n) is 1.17. The number of carboxylic acid groups (broad SMARTS) is 1. The average Bonchev–Trinajstić information content (AvgIpc) is 1.96. The summed E-state index contributed by atoms with van der Waals surface area (Å²) >= 11 is 8.57. The lowest BCUT2D eigenvalue weighted by atomic mass is 10.4. The van der Waals surface area contributed by atoms with Crippen LogP contribution in [0.4, 0.5) is 0 Å². The van der Waals surface area contributed by atoms with Gasteiger partial charge in [0.25, 0.3) is 0 Å². The first-order chi connectivity index (χ1) is 5.52. The number of carboxylic acids is 1. The van der Waals surface area contributed by atoms with E-state index in [0.29, 0.717) is 10.3 Å². The summed E-state index contributed by atoms with van der Waals surface area (Å²) in [6.07, 6.45) is 0. The summed E-state index contributed by atoms with van der Waals surface area (Å²) in [6.45, 7) is 1.68. The molecule has 0 unspecified atom stereocenters. The Kier molecular flexibility index (Phi) is 2.64. The number of rotatable bonds is 1. The minimum Gasteiger partial charge on any atom is -0.476 e. The second kappa shape index (κ2) is 3.37. The molecule has 0 atom stereocenters. The fraction of sp³-hybridized carbons (Fsp3) is 0.167. The predicted octanol–water partition coefficient (Wildman–Crippen LogP) is 1.90. The Balaban J connectivity index is 3.33. The van der Waals surface area contributed by atoms with Gasteiger partial charge in [-0.25, -0.2) is 14.8 Å². The van der Waals surface area contributed by atoms with Gasteiger partial charge < -0.3 is 5.11 Å². The molecule has 0 spiro atoms. The number of aromatic carboxylic acids is 1. The second-order valence-corrected chi connectivity index (χ2v) is 3.15. The first-order valence-corrected chi connectivity index (χ1v) is 4.12. The fourth-order valence-electron chi connectivity index (χ4n) is 0.608. The van der Waals surface area contributed by atoms with Crippen molar-refractivity contribution < 1.29 is 9.90 Å². The van der Waals surface area contributed by atoms with Crippen LogP contribution in [0.5, 0.6) is 0 Å². The zero-order valence-electron chi connectivity index (χ0n) is 6.01. The van der Waals surface area contributed by atoms with Crippen molar-refractivity contribution in [2.75, 3.05) is 0 Å². The molecule has 0 amide bonds. The standard InChI is InChI=1S/C6H4BrClN2O2/c1-2-4(7)10-3(6(11)12)5(8)9-2/h1H3,(H,11,12). The zero-order valence-corrected chi connectivity index (χ0v) is 8.35. The van der Waals surface area contributed by atoms with Crippen LogP contribution in [0, 0.1) is 6.92 Å². The van der Waals surface area contributed by atoms with Crippen molar-refractivity contribution in [2.45, 2.75) is 6.92 Å². The maximum Gasteiger partial charge on any atom is 0.357 e. The molecule has 0 aromatic carbocycles. The van der Waals surface area contributed by atoms with E-state index in [-0.39, 0.29) is 10.8 Å². The summed E-state index contributed by atoms with van der Waals surface area (Å²) in [5.74, 6) is -1.19. The van der Waals surface area contributed by atoms with Gasteiger partial charge in [-0.1, -0.05) is 11.6 Å². The third kappa shape index (κ3) is 1.73. The summed E-state index contributed by atoms with van der Waals surface area (Å²) in [7, 11) is 0. The molecule has 1 N–H and O–H groups in total. The predicted molar refractivity (Wildman–Crippen MR) is 46.4 cm³/mol. The van der Waals surface area contributed by atoms with Crippen molar-refractivity contribution in [3.63, 3.8) is 0 Å². The molecule has 1 heterocycles. The number of hydrogen-bond donors (Lipinski definition) is 1. The van der Waals surface area contributed by atoms with E-state index in [1.807, 2.05) is 0 Å². The Morgan fingerprint density at radius 3 is 2.67 bits per heavy atom. The highest BCUT2D eigenvalue weighted by atomic mass is 79.9. The number of carbonyl (C=O) groups is 1. The molecule has 0 aliphatic heterocycles. The monoisotopic (exact) mass is 250 g/mol. The normalized spacial score (nSPS) is 9.92. The summed E-state index contributed by atoms with van der Waals surface area (Å²) in [5, 5.41) is 8.48. The molecular weight excluding hydrogens is 247 g/mol. The first-order valence-electron chi connectivity index (χ1n) is 2.95. The number of aromatic nitrogens is 2. The largest absolute Gasteiger partial charge is 0.476 e. The molecule has 64 valence electrons. The van der Waals surface area contributed by atoms with Crippen LogP contribution in [-0.2, 0) is 0 Å². The smallest absolute Gasteiger partial charge is 0.357 e. The fourth-order valence-corrected chi connectivity index (χ4v) is 1.12. The number of halogens is 2. The molecule has 0 bridgehead atoms. The van der Waals surface area contributed by atoms with Gasteiger partial charge in [-0.3, -0.25) is 0 Å². The van der Waals surface area contributed by atoms with Crippen molar-refractivity contribution in [2.24, 2.45) is 0 Å². The van der Waals surface area contributed by atoms with Crippen LogP contribution in [-0.4, -0.2) is 21.0 Å². The zero-order chi connectivity index (χ0) is 9.30. The van der Waals surface area contributed by atoms with E-state index in [0.717, 1.165) is 0 Å². The molecule has 12 heavy (non-hydrogen) atoms. The highest BCUT2D eigenvalue weighted by Crippen LogP contribution is 2.17. The third-order valence-corrected chi connectivity index (χ3v) is 2.19. The lowest BCUT2D eigenvalue weighted by Gasteiger charge is -2.00. The van der Waals surface area contributed by atoms with Gasteiger partial charge in [0.15, 0.2) is 10.8 Å². The maximum absolute atomic E-state index is 10.5. The van der Waals surface area contributed by atoms with E-state index in [2.05, 4.69) is 25.9 Å². The van der Waals surface area contributed by atoms with Gasteiger partial charge in [-0.2, -0.15) is 0 Å². The summed E-state index contributed by atoms with van der Waals surface area (Å²) in [5.41, 5.74) is 0.319. The van der Waals surface area contributed by atoms with Gasteiger partial charge in [-0.05, 0) is 22.9 Å². The molecule has 6 heteroatoms. The second-order valence-electron chi connectivity index (χ2n) is 2.04. The Bertz CT molecular complexity index is 343. The van der Waals surface area contributed by atoms with E-state index >= 15 is 0 Å². The van der Waals surface area contributed by atoms with Crippen LogP contribution in [0.25, 0.3) is 0 Å². The lowest BCUT2D eigenvalue weighted by molar-refractivity contribution is 0.0690. The Morgan fingerprint density at radius 1 is 1.58 bits per heavy atom. The summed E-state index contributed by atoms with van der Waals surface area (Å²) in [6, 6.07) is 0.